The molecule has 0 aromatic carbocycles. The molecule has 86 valence electrons. The van der Waals surface area contributed by atoms with Gasteiger partial charge in [0, 0.05) is 11.8 Å². The summed E-state index contributed by atoms with van der Waals surface area (Å²) in [5.74, 6) is 0.666. The van der Waals surface area contributed by atoms with Crippen LogP contribution in [0.3, 0.4) is 0 Å². The average Bonchev–Trinajstić information content (AvgIpc) is 2.31. The molecule has 0 aliphatic rings. The van der Waals surface area contributed by atoms with Crippen molar-refractivity contribution in [2.45, 2.75) is 27.2 Å². The molecule has 0 saturated heterocycles. The van der Waals surface area contributed by atoms with Crippen molar-refractivity contribution in [2.75, 3.05) is 6.61 Å². The van der Waals surface area contributed by atoms with Crippen LogP contribution in [0.15, 0.2) is 30.1 Å². The number of hydrogen-bond donors (Lipinski definition) is 0. The van der Waals surface area contributed by atoms with Gasteiger partial charge in [-0.25, -0.2) is 0 Å². The fraction of sp³-hybridized carbons (Fsp3) is 0.385. The summed E-state index contributed by atoms with van der Waals surface area (Å²) >= 11 is 0. The van der Waals surface area contributed by atoms with Crippen molar-refractivity contribution < 1.29 is 9.53 Å². The smallest absolute Gasteiger partial charge is 0.190 e. The Hall–Kier alpha value is -1.64. The molecule has 0 radical (unpaired) electrons. The zero-order chi connectivity index (χ0) is 12.0. The Morgan fingerprint density at radius 3 is 2.75 bits per heavy atom. The topological polar surface area (TPSA) is 39.2 Å². The van der Waals surface area contributed by atoms with Crippen molar-refractivity contribution in [1.29, 1.82) is 0 Å². The third-order valence-electron chi connectivity index (χ3n) is 2.31. The van der Waals surface area contributed by atoms with Crippen molar-refractivity contribution in [3.8, 4) is 5.75 Å². The lowest BCUT2D eigenvalue weighted by Crippen LogP contribution is -2.04. The molecule has 0 amide bonds. The number of carbonyl (C=O) groups is 1. The second-order valence-corrected chi connectivity index (χ2v) is 3.34. The second kappa shape index (κ2) is 6.05. The highest BCUT2D eigenvalue weighted by Crippen LogP contribution is 2.16. The highest BCUT2D eigenvalue weighted by atomic mass is 16.5. The molecule has 0 atom stereocenters. The quantitative estimate of drug-likeness (QED) is 0.564. The van der Waals surface area contributed by atoms with Gasteiger partial charge in [-0.2, -0.15) is 0 Å². The number of ketones is 1. The van der Waals surface area contributed by atoms with Crippen molar-refractivity contribution in [1.82, 2.24) is 4.98 Å². The lowest BCUT2D eigenvalue weighted by molar-refractivity contribution is 0.103. The largest absolute Gasteiger partial charge is 0.492 e. The van der Waals surface area contributed by atoms with E-state index in [0.717, 1.165) is 12.0 Å². The molecule has 0 aliphatic heterocycles. The van der Waals surface area contributed by atoms with Gasteiger partial charge in [-0.15, -0.1) is 0 Å². The van der Waals surface area contributed by atoms with Crippen LogP contribution in [0.25, 0.3) is 0 Å². The first-order chi connectivity index (χ1) is 7.72. The highest BCUT2D eigenvalue weighted by Gasteiger charge is 2.10. The summed E-state index contributed by atoms with van der Waals surface area (Å²) in [6.07, 6.45) is 5.76. The van der Waals surface area contributed by atoms with Crippen LogP contribution in [-0.4, -0.2) is 17.4 Å². The predicted molar refractivity (Wildman–Crippen MR) is 63.8 cm³/mol. The fourth-order valence-corrected chi connectivity index (χ4v) is 1.47. The normalized spacial score (nSPS) is 11.3. The summed E-state index contributed by atoms with van der Waals surface area (Å²) in [5, 5.41) is 0. The first-order valence-corrected chi connectivity index (χ1v) is 5.50. The monoisotopic (exact) mass is 219 g/mol. The predicted octanol–water partition coefficient (Wildman–Crippen LogP) is 3.02. The molecule has 0 aliphatic carbocycles. The molecular weight excluding hydrogens is 202 g/mol. The molecule has 0 bridgehead atoms. The number of hydrogen-bond acceptors (Lipinski definition) is 3. The molecule has 1 heterocycles. The SMILES string of the molecule is C/C=C(\CC)C(=O)c1cncc(OCC)c1. The Kier molecular flexibility index (Phi) is 4.70. The van der Waals surface area contributed by atoms with Crippen LogP contribution in [-0.2, 0) is 0 Å². The number of ether oxygens (including phenoxy) is 1. The van der Waals surface area contributed by atoms with E-state index in [2.05, 4.69) is 4.98 Å². The van der Waals surface area contributed by atoms with E-state index in [-0.39, 0.29) is 5.78 Å². The zero-order valence-electron chi connectivity index (χ0n) is 9.99. The van der Waals surface area contributed by atoms with Gasteiger partial charge in [0.15, 0.2) is 5.78 Å². The molecule has 0 unspecified atom stereocenters. The van der Waals surface area contributed by atoms with Gasteiger partial charge in [0.25, 0.3) is 0 Å². The molecule has 1 aromatic heterocycles. The van der Waals surface area contributed by atoms with E-state index in [1.807, 2.05) is 26.8 Å². The average molecular weight is 219 g/mol. The van der Waals surface area contributed by atoms with Gasteiger partial charge in [0.1, 0.15) is 5.75 Å². The number of nitrogens with zero attached hydrogens (tertiary/aromatic N) is 1. The molecule has 0 saturated carbocycles. The van der Waals surface area contributed by atoms with E-state index < -0.39 is 0 Å². The molecular formula is C13H17NO2. The van der Waals surface area contributed by atoms with Gasteiger partial charge < -0.3 is 4.74 Å². The molecule has 3 heteroatoms. The maximum absolute atomic E-state index is 12.0. The lowest BCUT2D eigenvalue weighted by Gasteiger charge is -2.06. The van der Waals surface area contributed by atoms with Crippen LogP contribution < -0.4 is 4.74 Å². The van der Waals surface area contributed by atoms with Crippen molar-refractivity contribution in [2.24, 2.45) is 0 Å². The fourth-order valence-electron chi connectivity index (χ4n) is 1.47. The number of Topliss-reactive ketones (excluding diaryl/α,β-unsaturated/α-hetero) is 1. The Bertz CT molecular complexity index is 397. The van der Waals surface area contributed by atoms with Crippen LogP contribution >= 0.6 is 0 Å². The molecule has 3 nitrogen and oxygen atoms in total. The van der Waals surface area contributed by atoms with E-state index in [0.29, 0.717) is 17.9 Å². The number of pyridine rings is 1. The summed E-state index contributed by atoms with van der Waals surface area (Å²) < 4.78 is 5.31. The van der Waals surface area contributed by atoms with Gasteiger partial charge >= 0.3 is 0 Å². The van der Waals surface area contributed by atoms with Crippen LogP contribution in [0.1, 0.15) is 37.6 Å². The maximum atomic E-state index is 12.0. The summed E-state index contributed by atoms with van der Waals surface area (Å²) in [7, 11) is 0. The third kappa shape index (κ3) is 2.92. The minimum Gasteiger partial charge on any atom is -0.492 e. The lowest BCUT2D eigenvalue weighted by atomic mass is 10.0. The Morgan fingerprint density at radius 2 is 2.19 bits per heavy atom. The van der Waals surface area contributed by atoms with Gasteiger partial charge in [0.05, 0.1) is 12.8 Å². The standard InChI is InChI=1S/C13H17NO2/c1-4-10(5-2)13(15)11-7-12(16-6-3)9-14-8-11/h4,7-9H,5-6H2,1-3H3/b10-4+. The van der Waals surface area contributed by atoms with Crippen LogP contribution in [0.5, 0.6) is 5.75 Å². The van der Waals surface area contributed by atoms with Crippen LogP contribution in [0.2, 0.25) is 0 Å². The summed E-state index contributed by atoms with van der Waals surface area (Å²) in [6, 6.07) is 1.73. The molecule has 0 N–H and O–H groups in total. The first kappa shape index (κ1) is 12.4. The molecule has 0 fully saturated rings. The minimum atomic E-state index is 0.0269. The summed E-state index contributed by atoms with van der Waals surface area (Å²) in [4.78, 5) is 16.0. The number of aromatic nitrogens is 1. The Morgan fingerprint density at radius 1 is 1.44 bits per heavy atom. The van der Waals surface area contributed by atoms with Crippen molar-refractivity contribution >= 4 is 5.78 Å². The van der Waals surface area contributed by atoms with Gasteiger partial charge in [-0.1, -0.05) is 13.0 Å². The van der Waals surface area contributed by atoms with Gasteiger partial charge in [-0.3, -0.25) is 9.78 Å². The van der Waals surface area contributed by atoms with Crippen molar-refractivity contribution in [3.63, 3.8) is 0 Å². The summed E-state index contributed by atoms with van der Waals surface area (Å²) in [5.41, 5.74) is 1.39. The van der Waals surface area contributed by atoms with E-state index >= 15 is 0 Å². The third-order valence-corrected chi connectivity index (χ3v) is 2.31. The second-order valence-electron chi connectivity index (χ2n) is 3.34. The zero-order valence-corrected chi connectivity index (χ0v) is 9.99. The van der Waals surface area contributed by atoms with E-state index in [9.17, 15) is 4.79 Å². The van der Waals surface area contributed by atoms with E-state index in [1.165, 1.54) is 0 Å². The van der Waals surface area contributed by atoms with E-state index in [4.69, 9.17) is 4.74 Å². The van der Waals surface area contributed by atoms with Gasteiger partial charge in [-0.05, 0) is 31.9 Å². The number of carbonyl (C=O) groups excluding carboxylic acids is 1. The maximum Gasteiger partial charge on any atom is 0.190 e. The van der Waals surface area contributed by atoms with Crippen LogP contribution in [0, 0.1) is 0 Å². The van der Waals surface area contributed by atoms with Gasteiger partial charge in [0.2, 0.25) is 0 Å². The van der Waals surface area contributed by atoms with Crippen LogP contribution in [0.4, 0.5) is 0 Å². The first-order valence-electron chi connectivity index (χ1n) is 5.50. The number of rotatable bonds is 5. The minimum absolute atomic E-state index is 0.0269. The molecule has 1 aromatic rings. The molecule has 16 heavy (non-hydrogen) atoms. The molecule has 1 rings (SSSR count). The van der Waals surface area contributed by atoms with Crippen molar-refractivity contribution in [3.05, 3.63) is 35.7 Å². The Labute approximate surface area is 96.2 Å². The number of allylic oxidation sites excluding steroid dienone is 2. The summed E-state index contributed by atoms with van der Waals surface area (Å²) in [6.45, 7) is 6.31. The molecule has 0 spiro atoms. The Balaban J connectivity index is 2.95. The van der Waals surface area contributed by atoms with E-state index in [1.54, 1.807) is 18.5 Å². The highest BCUT2D eigenvalue weighted by molar-refractivity contribution is 6.08.